The zero-order valence-corrected chi connectivity index (χ0v) is 47.5. The molecule has 0 nitrogen and oxygen atoms in total. The summed E-state index contributed by atoms with van der Waals surface area (Å²) in [4.78, 5) is 0. The second-order valence-electron chi connectivity index (χ2n) is 21.5. The molecule has 0 aliphatic carbocycles. The monoisotopic (exact) mass is 985 g/mol. The van der Waals surface area contributed by atoms with Gasteiger partial charge in [-0.25, -0.2) is 0 Å². The summed E-state index contributed by atoms with van der Waals surface area (Å²) >= 11 is 9.23. The van der Waals surface area contributed by atoms with Gasteiger partial charge in [-0.3, -0.25) is 0 Å². The van der Waals surface area contributed by atoms with Crippen molar-refractivity contribution in [2.75, 3.05) is 0 Å². The number of rotatable bonds is 32. The number of aryl methyl sites for hydroxylation is 8. The van der Waals surface area contributed by atoms with Gasteiger partial charge in [-0.2, -0.15) is 0 Å². The Kier molecular flexibility index (Phi) is 17.5. The minimum absolute atomic E-state index is 1.24. The summed E-state index contributed by atoms with van der Waals surface area (Å²) in [5.41, 5.74) is 14.2. The van der Waals surface area contributed by atoms with E-state index in [1.807, 2.05) is 0 Å². The SMILES string of the molecule is CCCCCc1c(CCCCC)c2sc3c(CCCCC)c(CCCCC)c4sc5c(CCCCC)c(CCCCC)c6sc7c(CCCCC)c(CCCCC)c8sc1c1c8c7c6c5c4c3c21. The van der Waals surface area contributed by atoms with Crippen LogP contribution in [-0.2, 0) is 51.4 Å². The van der Waals surface area contributed by atoms with E-state index in [0.717, 1.165) is 0 Å². The maximum absolute atomic E-state index is 2.41. The van der Waals surface area contributed by atoms with Gasteiger partial charge in [0.25, 0.3) is 0 Å². The molecule has 0 amide bonds. The maximum Gasteiger partial charge on any atom is 0.0397 e. The van der Waals surface area contributed by atoms with E-state index in [0.29, 0.717) is 0 Å². The van der Waals surface area contributed by atoms with E-state index < -0.39 is 0 Å². The highest BCUT2D eigenvalue weighted by molar-refractivity contribution is 7.31. The zero-order valence-electron chi connectivity index (χ0n) is 44.3. The van der Waals surface area contributed by atoms with Crippen LogP contribution >= 0.6 is 45.3 Å². The van der Waals surface area contributed by atoms with Gasteiger partial charge in [-0.15, -0.1) is 45.3 Å². The molecule has 4 heterocycles. The van der Waals surface area contributed by atoms with Crippen LogP contribution in [0.2, 0.25) is 0 Å². The third-order valence-corrected chi connectivity index (χ3v) is 21.8. The maximum atomic E-state index is 2.41. The Morgan fingerprint density at radius 2 is 0.294 bits per heavy atom. The third-order valence-electron chi connectivity index (χ3n) is 16.5. The molecule has 0 saturated carbocycles. The Hall–Kier alpha value is -2.24. The predicted octanol–water partition coefficient (Wildman–Crippen LogP) is 23.3. The molecule has 368 valence electrons. The fourth-order valence-electron chi connectivity index (χ4n) is 13.0. The normalized spacial score (nSPS) is 12.8. The highest BCUT2D eigenvalue weighted by atomic mass is 32.1. The number of thiophene rings is 4. The number of hydrogen-bond donors (Lipinski definition) is 0. The van der Waals surface area contributed by atoms with E-state index in [1.165, 1.54) is 205 Å². The van der Waals surface area contributed by atoms with E-state index in [1.54, 1.807) is 125 Å². The van der Waals surface area contributed by atoms with Crippen LogP contribution in [0.25, 0.3) is 80.7 Å². The highest BCUT2D eigenvalue weighted by Gasteiger charge is 2.34. The molecular weight excluding hydrogens is 897 g/mol. The van der Waals surface area contributed by atoms with E-state index >= 15 is 0 Å². The van der Waals surface area contributed by atoms with Crippen LogP contribution in [0.4, 0.5) is 0 Å². The van der Waals surface area contributed by atoms with Gasteiger partial charge in [-0.1, -0.05) is 158 Å². The Morgan fingerprint density at radius 1 is 0.176 bits per heavy atom. The number of unbranched alkanes of at least 4 members (excludes halogenated alkanes) is 16. The van der Waals surface area contributed by atoms with Crippen LogP contribution in [0.5, 0.6) is 0 Å². The summed E-state index contributed by atoms with van der Waals surface area (Å²) in [7, 11) is 0. The van der Waals surface area contributed by atoms with Gasteiger partial charge >= 0.3 is 0 Å². The average Bonchev–Trinajstić information content (AvgIpc) is 4.12. The van der Waals surface area contributed by atoms with Gasteiger partial charge in [0.1, 0.15) is 0 Å². The van der Waals surface area contributed by atoms with Crippen molar-refractivity contribution in [3.8, 4) is 0 Å². The summed E-state index contributed by atoms with van der Waals surface area (Å²) in [5, 5.41) is 13.7. The van der Waals surface area contributed by atoms with Crippen LogP contribution in [-0.4, -0.2) is 0 Å². The minimum Gasteiger partial charge on any atom is -0.135 e. The fourth-order valence-corrected chi connectivity index (χ4v) is 19.0. The predicted molar refractivity (Wildman–Crippen MR) is 317 cm³/mol. The topological polar surface area (TPSA) is 0 Å². The lowest BCUT2D eigenvalue weighted by Crippen LogP contribution is -1.99. The molecule has 0 aliphatic rings. The molecule has 9 rings (SSSR count). The summed E-state index contributed by atoms with van der Waals surface area (Å²) in [6.07, 6.45) is 41.3. The third kappa shape index (κ3) is 9.14. The quantitative estimate of drug-likeness (QED) is 0.0369. The van der Waals surface area contributed by atoms with Crippen molar-refractivity contribution in [1.82, 2.24) is 0 Å². The van der Waals surface area contributed by atoms with Crippen molar-refractivity contribution in [1.29, 1.82) is 0 Å². The first-order valence-electron chi connectivity index (χ1n) is 29.1. The Morgan fingerprint density at radius 3 is 0.397 bits per heavy atom. The molecule has 4 heteroatoms. The van der Waals surface area contributed by atoms with Gasteiger partial charge in [0.15, 0.2) is 0 Å². The van der Waals surface area contributed by atoms with E-state index in [9.17, 15) is 0 Å². The van der Waals surface area contributed by atoms with E-state index in [2.05, 4.69) is 101 Å². The molecule has 0 aliphatic heterocycles. The average molecular weight is 986 g/mol. The lowest BCUT2D eigenvalue weighted by Gasteiger charge is -2.18. The molecule has 0 atom stereocenters. The Labute approximate surface area is 428 Å². The zero-order chi connectivity index (χ0) is 47.3. The van der Waals surface area contributed by atoms with Crippen molar-refractivity contribution in [3.63, 3.8) is 0 Å². The minimum atomic E-state index is 1.24. The summed E-state index contributed by atoms with van der Waals surface area (Å²) in [5.74, 6) is 0. The van der Waals surface area contributed by atoms with Crippen molar-refractivity contribution >= 4 is 126 Å². The van der Waals surface area contributed by atoms with E-state index in [-0.39, 0.29) is 0 Å². The first-order chi connectivity index (χ1) is 33.5. The van der Waals surface area contributed by atoms with Crippen LogP contribution in [0.3, 0.4) is 0 Å². The van der Waals surface area contributed by atoms with E-state index in [4.69, 9.17) is 0 Å². The van der Waals surface area contributed by atoms with Gasteiger partial charge in [-0.05, 0) is 147 Å². The molecular formula is C64H88S4. The summed E-state index contributed by atoms with van der Waals surface area (Å²) in [6.45, 7) is 19.3. The van der Waals surface area contributed by atoms with Crippen LogP contribution < -0.4 is 0 Å². The second-order valence-corrected chi connectivity index (χ2v) is 25.6. The molecule has 4 aromatic heterocycles. The van der Waals surface area contributed by atoms with Crippen LogP contribution in [0.1, 0.15) is 254 Å². The number of benzene rings is 4. The summed E-state index contributed by atoms with van der Waals surface area (Å²) in [6, 6.07) is 0. The van der Waals surface area contributed by atoms with Gasteiger partial charge in [0.05, 0.1) is 0 Å². The standard InChI is InChI=1S/C64H88S4/c1-9-17-25-33-41-42(34-26-18-10-2)58-50-49-51-53-55-56-54-52(50)60(66-58)45(37-29-21-13-5)46(38-30-22-14-6)62(54)68-64(56)48(40-32-24-16-8)47(39-31-23-15-7)63(55)67-61(53)44(36-28-20-12-4)43(35-27-19-11-3)59(51)65-57(41)49/h9-40H2,1-8H3. The summed E-state index contributed by atoms with van der Waals surface area (Å²) < 4.78 is 13.7. The van der Waals surface area contributed by atoms with Crippen molar-refractivity contribution < 1.29 is 0 Å². The Bertz CT molecular complexity index is 2370. The molecule has 68 heavy (non-hydrogen) atoms. The Balaban J connectivity index is 1.58. The molecule has 0 radical (unpaired) electrons. The van der Waals surface area contributed by atoms with Crippen molar-refractivity contribution in [3.05, 3.63) is 44.5 Å². The van der Waals surface area contributed by atoms with Crippen LogP contribution in [0.15, 0.2) is 0 Å². The molecule has 0 spiro atoms. The molecule has 0 bridgehead atoms. The van der Waals surface area contributed by atoms with Gasteiger partial charge < -0.3 is 0 Å². The first kappa shape index (κ1) is 50.7. The molecule has 9 aromatic rings. The van der Waals surface area contributed by atoms with Gasteiger partial charge in [0, 0.05) is 80.7 Å². The molecule has 5 aromatic carbocycles. The highest BCUT2D eigenvalue weighted by Crippen LogP contribution is 2.61. The molecule has 0 fully saturated rings. The smallest absolute Gasteiger partial charge is 0.0397 e. The molecule has 0 saturated heterocycles. The lowest BCUT2D eigenvalue weighted by molar-refractivity contribution is 0.698. The number of hydrogen-bond acceptors (Lipinski definition) is 4. The lowest BCUT2D eigenvalue weighted by atomic mass is 9.84. The molecule has 0 unspecified atom stereocenters. The first-order valence-corrected chi connectivity index (χ1v) is 32.4. The fraction of sp³-hybridized carbons (Fsp3) is 0.625. The second kappa shape index (κ2) is 23.5. The van der Waals surface area contributed by atoms with Crippen molar-refractivity contribution in [2.45, 2.75) is 261 Å². The molecule has 0 N–H and O–H groups in total. The van der Waals surface area contributed by atoms with Gasteiger partial charge in [0.2, 0.25) is 0 Å². The largest absolute Gasteiger partial charge is 0.135 e. The van der Waals surface area contributed by atoms with Crippen LogP contribution in [0, 0.1) is 0 Å². The van der Waals surface area contributed by atoms with Crippen molar-refractivity contribution in [2.24, 2.45) is 0 Å².